The minimum atomic E-state index is -0.607. The van der Waals surface area contributed by atoms with Gasteiger partial charge in [-0.2, -0.15) is 0 Å². The first kappa shape index (κ1) is 11.5. The van der Waals surface area contributed by atoms with Crippen molar-refractivity contribution in [2.75, 3.05) is 0 Å². The number of ether oxygens (including phenoxy) is 1. The highest BCUT2D eigenvalue weighted by Crippen LogP contribution is 2.43. The van der Waals surface area contributed by atoms with Gasteiger partial charge in [0.1, 0.15) is 11.3 Å². The average Bonchev–Trinajstić information content (AvgIpc) is 3.02. The molecule has 2 aromatic rings. The molecule has 6 heteroatoms. The van der Waals surface area contributed by atoms with Gasteiger partial charge in [0, 0.05) is 6.07 Å². The molecule has 2 aliphatic heterocycles. The van der Waals surface area contributed by atoms with Gasteiger partial charge in [-0.3, -0.25) is 0 Å². The van der Waals surface area contributed by atoms with Crippen molar-refractivity contribution in [3.63, 3.8) is 0 Å². The lowest BCUT2D eigenvalue weighted by molar-refractivity contribution is 0.0941. The summed E-state index contributed by atoms with van der Waals surface area (Å²) in [5.41, 5.74) is 0.762. The molecule has 0 saturated carbocycles. The minimum absolute atomic E-state index is 0.0844. The van der Waals surface area contributed by atoms with Crippen LogP contribution in [-0.2, 0) is 4.74 Å². The van der Waals surface area contributed by atoms with E-state index in [2.05, 4.69) is 4.98 Å². The van der Waals surface area contributed by atoms with E-state index in [0.29, 0.717) is 10.3 Å². The van der Waals surface area contributed by atoms with Crippen molar-refractivity contribution in [3.8, 4) is 0 Å². The SMILES string of the molecule is Fc1cc(F)c2[nH]c(=S)n(C3CC4CCC3O4)c2c1. The molecule has 100 valence electrons. The Kier molecular flexibility index (Phi) is 2.35. The third kappa shape index (κ3) is 1.59. The normalized spacial score (nSPS) is 29.5. The zero-order chi connectivity index (χ0) is 13.1. The van der Waals surface area contributed by atoms with E-state index >= 15 is 0 Å². The number of aromatic amines is 1. The van der Waals surface area contributed by atoms with Gasteiger partial charge in [-0.05, 0) is 37.5 Å². The summed E-state index contributed by atoms with van der Waals surface area (Å²) in [5.74, 6) is -1.19. The molecule has 3 atom stereocenters. The van der Waals surface area contributed by atoms with Crippen LogP contribution < -0.4 is 0 Å². The summed E-state index contributed by atoms with van der Waals surface area (Å²) in [6.45, 7) is 0. The van der Waals surface area contributed by atoms with E-state index in [0.717, 1.165) is 25.3 Å². The number of hydrogen-bond donors (Lipinski definition) is 1. The lowest BCUT2D eigenvalue weighted by atomic mass is 9.95. The summed E-state index contributed by atoms with van der Waals surface area (Å²) in [4.78, 5) is 2.84. The molecule has 0 aliphatic carbocycles. The van der Waals surface area contributed by atoms with Crippen molar-refractivity contribution < 1.29 is 13.5 Å². The molecule has 2 bridgehead atoms. The third-order valence-corrected chi connectivity index (χ3v) is 4.45. The zero-order valence-corrected chi connectivity index (χ0v) is 10.8. The van der Waals surface area contributed by atoms with Gasteiger partial charge in [0.2, 0.25) is 0 Å². The Hall–Kier alpha value is -1.27. The summed E-state index contributed by atoms with van der Waals surface area (Å²) in [7, 11) is 0. The molecule has 3 heterocycles. The Morgan fingerprint density at radius 2 is 2.16 bits per heavy atom. The fraction of sp³-hybridized carbons (Fsp3) is 0.462. The second-order valence-corrected chi connectivity index (χ2v) is 5.65. The summed E-state index contributed by atoms with van der Waals surface area (Å²) >= 11 is 5.27. The molecule has 1 aromatic carbocycles. The van der Waals surface area contributed by atoms with Crippen LogP contribution in [0.4, 0.5) is 8.78 Å². The summed E-state index contributed by atoms with van der Waals surface area (Å²) < 4.78 is 35.2. The maximum Gasteiger partial charge on any atom is 0.178 e. The molecule has 2 aliphatic rings. The summed E-state index contributed by atoms with van der Waals surface area (Å²) in [6.07, 6.45) is 3.30. The van der Waals surface area contributed by atoms with E-state index in [1.165, 1.54) is 6.07 Å². The minimum Gasteiger partial charge on any atom is -0.373 e. The van der Waals surface area contributed by atoms with Crippen molar-refractivity contribution in [2.24, 2.45) is 0 Å². The monoisotopic (exact) mass is 282 g/mol. The molecular weight excluding hydrogens is 270 g/mol. The molecule has 19 heavy (non-hydrogen) atoms. The third-order valence-electron chi connectivity index (χ3n) is 4.15. The fourth-order valence-electron chi connectivity index (χ4n) is 3.36. The number of nitrogens with zero attached hydrogens (tertiary/aromatic N) is 1. The molecule has 0 amide bonds. The molecule has 0 spiro atoms. The van der Waals surface area contributed by atoms with Crippen LogP contribution >= 0.6 is 12.2 Å². The standard InChI is InChI=1S/C13H12F2N2OS/c14-6-3-8(15)12-10(4-6)17(13(19)16-12)9-5-7-1-2-11(9)18-7/h3-4,7,9,11H,1-2,5H2,(H,16,19). The topological polar surface area (TPSA) is 29.9 Å². The second kappa shape index (κ2) is 3.86. The van der Waals surface area contributed by atoms with Crippen LogP contribution in [-0.4, -0.2) is 21.8 Å². The first-order chi connectivity index (χ1) is 9.13. The molecule has 0 radical (unpaired) electrons. The molecule has 1 aromatic heterocycles. The Balaban J connectivity index is 1.94. The molecular formula is C13H12F2N2OS. The van der Waals surface area contributed by atoms with E-state index in [-0.39, 0.29) is 23.8 Å². The van der Waals surface area contributed by atoms with Crippen LogP contribution in [0.3, 0.4) is 0 Å². The van der Waals surface area contributed by atoms with Crippen molar-refractivity contribution in [1.29, 1.82) is 0 Å². The van der Waals surface area contributed by atoms with Gasteiger partial charge in [-0.25, -0.2) is 8.78 Å². The van der Waals surface area contributed by atoms with Crippen LogP contribution in [0.25, 0.3) is 11.0 Å². The van der Waals surface area contributed by atoms with E-state index in [1.807, 2.05) is 4.57 Å². The second-order valence-electron chi connectivity index (χ2n) is 5.26. The predicted molar refractivity (Wildman–Crippen MR) is 68.6 cm³/mol. The number of nitrogens with one attached hydrogen (secondary N) is 1. The van der Waals surface area contributed by atoms with Crippen molar-refractivity contribution in [3.05, 3.63) is 28.5 Å². The molecule has 2 fully saturated rings. The van der Waals surface area contributed by atoms with E-state index < -0.39 is 11.6 Å². The lowest BCUT2D eigenvalue weighted by Gasteiger charge is -2.21. The van der Waals surface area contributed by atoms with E-state index in [1.54, 1.807) is 0 Å². The Bertz CT molecular complexity index is 723. The smallest absolute Gasteiger partial charge is 0.178 e. The van der Waals surface area contributed by atoms with Gasteiger partial charge < -0.3 is 14.3 Å². The molecule has 3 nitrogen and oxygen atoms in total. The van der Waals surface area contributed by atoms with Crippen LogP contribution in [0.5, 0.6) is 0 Å². The van der Waals surface area contributed by atoms with Crippen molar-refractivity contribution in [1.82, 2.24) is 9.55 Å². The number of hydrogen-bond acceptors (Lipinski definition) is 2. The highest BCUT2D eigenvalue weighted by molar-refractivity contribution is 7.71. The van der Waals surface area contributed by atoms with Crippen molar-refractivity contribution >= 4 is 23.3 Å². The van der Waals surface area contributed by atoms with Crippen LogP contribution in [0.1, 0.15) is 25.3 Å². The van der Waals surface area contributed by atoms with E-state index in [9.17, 15) is 8.78 Å². The van der Waals surface area contributed by atoms with Crippen molar-refractivity contribution in [2.45, 2.75) is 37.5 Å². The van der Waals surface area contributed by atoms with Gasteiger partial charge in [-0.15, -0.1) is 0 Å². The number of imidazole rings is 1. The lowest BCUT2D eigenvalue weighted by Crippen LogP contribution is -2.21. The van der Waals surface area contributed by atoms with Gasteiger partial charge >= 0.3 is 0 Å². The molecule has 2 saturated heterocycles. The summed E-state index contributed by atoms with van der Waals surface area (Å²) in [6, 6.07) is 2.28. The number of benzene rings is 1. The largest absolute Gasteiger partial charge is 0.373 e. The van der Waals surface area contributed by atoms with E-state index in [4.69, 9.17) is 17.0 Å². The predicted octanol–water partition coefficient (Wildman–Crippen LogP) is 3.47. The zero-order valence-electron chi connectivity index (χ0n) is 10.0. The highest BCUT2D eigenvalue weighted by Gasteiger charge is 2.42. The first-order valence-electron chi connectivity index (χ1n) is 6.38. The van der Waals surface area contributed by atoms with Crippen LogP contribution in [0.15, 0.2) is 12.1 Å². The molecule has 3 unspecified atom stereocenters. The number of fused-ring (bicyclic) bond motifs is 3. The number of rotatable bonds is 1. The first-order valence-corrected chi connectivity index (χ1v) is 6.79. The van der Waals surface area contributed by atoms with Gasteiger partial charge in [0.05, 0.1) is 23.8 Å². The fourth-order valence-corrected chi connectivity index (χ4v) is 3.70. The molecule has 1 N–H and O–H groups in total. The van der Waals surface area contributed by atoms with Crippen LogP contribution in [0, 0.1) is 16.4 Å². The number of H-pyrrole nitrogens is 1. The van der Waals surface area contributed by atoms with Gasteiger partial charge in [0.15, 0.2) is 10.6 Å². The Morgan fingerprint density at radius 3 is 2.84 bits per heavy atom. The Morgan fingerprint density at radius 1 is 1.32 bits per heavy atom. The number of aromatic nitrogens is 2. The van der Waals surface area contributed by atoms with Gasteiger partial charge in [0.25, 0.3) is 0 Å². The maximum absolute atomic E-state index is 13.8. The van der Waals surface area contributed by atoms with Gasteiger partial charge in [-0.1, -0.05) is 0 Å². The van der Waals surface area contributed by atoms with Crippen LogP contribution in [0.2, 0.25) is 0 Å². The highest BCUT2D eigenvalue weighted by atomic mass is 32.1. The quantitative estimate of drug-likeness (QED) is 0.812. The number of halogens is 2. The maximum atomic E-state index is 13.8. The summed E-state index contributed by atoms with van der Waals surface area (Å²) in [5, 5.41) is 0. The average molecular weight is 282 g/mol. The Labute approximate surface area is 113 Å². The molecule has 4 rings (SSSR count).